The van der Waals surface area contributed by atoms with Crippen LogP contribution in [0.15, 0.2) is 27.7 Å². The normalized spacial score (nSPS) is 17.0. The van der Waals surface area contributed by atoms with Crippen molar-refractivity contribution >= 4 is 5.96 Å². The van der Waals surface area contributed by atoms with Gasteiger partial charge in [-0.25, -0.2) is 8.78 Å². The van der Waals surface area contributed by atoms with Crippen LogP contribution in [0.5, 0.6) is 0 Å². The molecule has 8 nitrogen and oxygen atoms in total. The van der Waals surface area contributed by atoms with Gasteiger partial charge in [-0.15, -0.1) is 0 Å². The molecule has 1 aromatic carbocycles. The highest BCUT2D eigenvalue weighted by atomic mass is 19.2. The molecular formula is C21H30F2N6O2. The maximum atomic E-state index is 13.4. The highest BCUT2D eigenvalue weighted by Gasteiger charge is 2.21. The van der Waals surface area contributed by atoms with Crippen LogP contribution in [0, 0.1) is 11.6 Å². The van der Waals surface area contributed by atoms with Crippen LogP contribution in [0.4, 0.5) is 8.78 Å². The van der Waals surface area contributed by atoms with E-state index in [0.29, 0.717) is 37.4 Å². The van der Waals surface area contributed by atoms with Crippen molar-refractivity contribution in [2.75, 3.05) is 26.7 Å². The topological polar surface area (TPSA) is 87.8 Å². The smallest absolute Gasteiger partial charge is 0.246 e. The molecule has 10 heteroatoms. The summed E-state index contributed by atoms with van der Waals surface area (Å²) in [5.74, 6) is 0.0354. The van der Waals surface area contributed by atoms with Gasteiger partial charge in [0.15, 0.2) is 23.4 Å². The SMILES string of the molecule is CCOC(C)c1noc(CNC(=NC)NC2CCN(Cc3ccc(F)c(F)c3)CC2)n1. The summed E-state index contributed by atoms with van der Waals surface area (Å²) in [5, 5.41) is 10.6. The van der Waals surface area contributed by atoms with E-state index in [1.807, 2.05) is 13.8 Å². The zero-order valence-corrected chi connectivity index (χ0v) is 18.2. The van der Waals surface area contributed by atoms with E-state index in [9.17, 15) is 8.78 Å². The lowest BCUT2D eigenvalue weighted by Crippen LogP contribution is -2.48. The Morgan fingerprint density at radius 1 is 1.32 bits per heavy atom. The number of rotatable bonds is 8. The van der Waals surface area contributed by atoms with Gasteiger partial charge in [0, 0.05) is 39.3 Å². The van der Waals surface area contributed by atoms with Crippen molar-refractivity contribution in [3.63, 3.8) is 0 Å². The Bertz CT molecular complexity index is 867. The molecule has 1 aromatic heterocycles. The number of halogens is 2. The molecule has 1 aliphatic heterocycles. The van der Waals surface area contributed by atoms with Crippen molar-refractivity contribution in [2.45, 2.75) is 51.9 Å². The quantitative estimate of drug-likeness (QED) is 0.486. The Hall–Kier alpha value is -2.59. The van der Waals surface area contributed by atoms with E-state index in [1.165, 1.54) is 12.1 Å². The van der Waals surface area contributed by atoms with Crippen LogP contribution in [0.1, 0.15) is 50.1 Å². The number of aromatic nitrogens is 2. The Kier molecular flexibility index (Phi) is 8.30. The fourth-order valence-electron chi connectivity index (χ4n) is 3.51. The standard InChI is InChI=1S/C21H30F2N6O2/c1-4-30-14(2)20-27-19(31-28-20)12-25-21(24-3)26-16-7-9-29(10-8-16)13-15-5-6-17(22)18(23)11-15/h5-6,11,14,16H,4,7-10,12-13H2,1-3H3,(H2,24,25,26). The van der Waals surface area contributed by atoms with Gasteiger partial charge in [0.05, 0.1) is 6.54 Å². The monoisotopic (exact) mass is 436 g/mol. The molecule has 1 atom stereocenters. The van der Waals surface area contributed by atoms with Crippen LogP contribution in [0.2, 0.25) is 0 Å². The Labute approximate surface area is 181 Å². The van der Waals surface area contributed by atoms with E-state index < -0.39 is 11.6 Å². The first-order valence-corrected chi connectivity index (χ1v) is 10.6. The summed E-state index contributed by atoms with van der Waals surface area (Å²) in [6.45, 7) is 7.06. The third-order valence-corrected chi connectivity index (χ3v) is 5.21. The molecule has 2 N–H and O–H groups in total. The van der Waals surface area contributed by atoms with E-state index in [0.717, 1.165) is 31.5 Å². The van der Waals surface area contributed by atoms with Crippen molar-refractivity contribution in [3.8, 4) is 0 Å². The number of hydrogen-bond donors (Lipinski definition) is 2. The fourth-order valence-corrected chi connectivity index (χ4v) is 3.51. The summed E-state index contributed by atoms with van der Waals surface area (Å²) < 4.78 is 37.2. The molecule has 0 radical (unpaired) electrons. The largest absolute Gasteiger partial charge is 0.371 e. The molecular weight excluding hydrogens is 406 g/mol. The first-order chi connectivity index (χ1) is 15.0. The summed E-state index contributed by atoms with van der Waals surface area (Å²) in [6.07, 6.45) is 1.62. The molecule has 1 aliphatic rings. The van der Waals surface area contributed by atoms with Gasteiger partial charge in [-0.3, -0.25) is 9.89 Å². The predicted molar refractivity (Wildman–Crippen MR) is 112 cm³/mol. The summed E-state index contributed by atoms with van der Waals surface area (Å²) in [5.41, 5.74) is 0.778. The molecule has 0 amide bonds. The number of aliphatic imine (C=N–C) groups is 1. The molecule has 2 heterocycles. The number of hydrogen-bond acceptors (Lipinski definition) is 6. The van der Waals surface area contributed by atoms with Gasteiger partial charge in [-0.05, 0) is 44.4 Å². The molecule has 1 unspecified atom stereocenters. The minimum atomic E-state index is -0.814. The minimum Gasteiger partial charge on any atom is -0.371 e. The minimum absolute atomic E-state index is 0.212. The van der Waals surface area contributed by atoms with Crippen LogP contribution >= 0.6 is 0 Å². The van der Waals surface area contributed by atoms with Gasteiger partial charge in [0.2, 0.25) is 5.89 Å². The highest BCUT2D eigenvalue weighted by molar-refractivity contribution is 5.79. The predicted octanol–water partition coefficient (Wildman–Crippen LogP) is 2.77. The lowest BCUT2D eigenvalue weighted by molar-refractivity contribution is 0.0683. The maximum Gasteiger partial charge on any atom is 0.246 e. The lowest BCUT2D eigenvalue weighted by Gasteiger charge is -2.33. The van der Waals surface area contributed by atoms with Gasteiger partial charge in [-0.2, -0.15) is 4.98 Å². The second-order valence-electron chi connectivity index (χ2n) is 7.51. The van der Waals surface area contributed by atoms with E-state index in [1.54, 1.807) is 13.1 Å². The Morgan fingerprint density at radius 3 is 2.77 bits per heavy atom. The van der Waals surface area contributed by atoms with E-state index in [4.69, 9.17) is 9.26 Å². The molecule has 1 fully saturated rings. The Morgan fingerprint density at radius 2 is 2.10 bits per heavy atom. The summed E-state index contributed by atoms with van der Waals surface area (Å²) >= 11 is 0. The highest BCUT2D eigenvalue weighted by Crippen LogP contribution is 2.16. The van der Waals surface area contributed by atoms with Crippen LogP contribution in [0.25, 0.3) is 0 Å². The zero-order valence-electron chi connectivity index (χ0n) is 18.2. The van der Waals surface area contributed by atoms with Crippen LogP contribution < -0.4 is 10.6 Å². The first kappa shape index (κ1) is 23.1. The molecule has 31 heavy (non-hydrogen) atoms. The number of likely N-dealkylation sites (tertiary alicyclic amines) is 1. The summed E-state index contributed by atoms with van der Waals surface area (Å²) in [4.78, 5) is 10.8. The third-order valence-electron chi connectivity index (χ3n) is 5.21. The van der Waals surface area contributed by atoms with Crippen LogP contribution in [-0.2, 0) is 17.8 Å². The molecule has 0 saturated carbocycles. The van der Waals surface area contributed by atoms with E-state index in [-0.39, 0.29) is 12.1 Å². The third kappa shape index (κ3) is 6.70. The molecule has 2 aromatic rings. The second-order valence-corrected chi connectivity index (χ2v) is 7.51. The average Bonchev–Trinajstić information content (AvgIpc) is 3.24. The molecule has 0 spiro atoms. The number of guanidine groups is 1. The van der Waals surface area contributed by atoms with Crippen LogP contribution in [-0.4, -0.2) is 53.8 Å². The van der Waals surface area contributed by atoms with Gasteiger partial charge in [0.1, 0.15) is 6.10 Å². The fraction of sp³-hybridized carbons (Fsp3) is 0.571. The number of ether oxygens (including phenoxy) is 1. The van der Waals surface area contributed by atoms with Crippen LogP contribution in [0.3, 0.4) is 0 Å². The van der Waals surface area contributed by atoms with Gasteiger partial charge in [-0.1, -0.05) is 11.2 Å². The number of nitrogens with one attached hydrogen (secondary N) is 2. The second kappa shape index (κ2) is 11.1. The van der Waals surface area contributed by atoms with Crippen molar-refractivity contribution in [1.29, 1.82) is 0 Å². The van der Waals surface area contributed by atoms with Gasteiger partial charge in [0.25, 0.3) is 0 Å². The first-order valence-electron chi connectivity index (χ1n) is 10.6. The van der Waals surface area contributed by atoms with E-state index >= 15 is 0 Å². The molecule has 0 aliphatic carbocycles. The van der Waals surface area contributed by atoms with Crippen molar-refractivity contribution in [1.82, 2.24) is 25.7 Å². The van der Waals surface area contributed by atoms with Crippen molar-refractivity contribution in [3.05, 3.63) is 47.1 Å². The Balaban J connectivity index is 1.42. The van der Waals surface area contributed by atoms with Gasteiger partial charge < -0.3 is 19.9 Å². The average molecular weight is 437 g/mol. The van der Waals surface area contributed by atoms with Crippen molar-refractivity contribution in [2.24, 2.45) is 4.99 Å². The van der Waals surface area contributed by atoms with Crippen molar-refractivity contribution < 1.29 is 18.0 Å². The summed E-state index contributed by atoms with van der Waals surface area (Å²) in [7, 11) is 1.71. The number of nitrogens with zero attached hydrogens (tertiary/aromatic N) is 4. The number of piperidine rings is 1. The molecule has 3 rings (SSSR count). The maximum absolute atomic E-state index is 13.4. The van der Waals surface area contributed by atoms with Gasteiger partial charge >= 0.3 is 0 Å². The molecule has 0 bridgehead atoms. The zero-order chi connectivity index (χ0) is 22.2. The molecule has 170 valence electrons. The number of benzene rings is 1. The van der Waals surface area contributed by atoms with E-state index in [2.05, 4.69) is 30.7 Å². The molecule has 1 saturated heterocycles. The summed E-state index contributed by atoms with van der Waals surface area (Å²) in [6, 6.07) is 4.35. The lowest BCUT2D eigenvalue weighted by atomic mass is 10.0.